The number of urea groups is 1. The van der Waals surface area contributed by atoms with Crippen LogP contribution in [0.15, 0.2) is 54.6 Å². The van der Waals surface area contributed by atoms with E-state index in [2.05, 4.69) is 10.6 Å². The van der Waals surface area contributed by atoms with Crippen molar-refractivity contribution in [2.45, 2.75) is 39.2 Å². The van der Waals surface area contributed by atoms with Gasteiger partial charge in [0.15, 0.2) is 0 Å². The zero-order chi connectivity index (χ0) is 24.0. The minimum Gasteiger partial charge on any atom is -0.339 e. The third-order valence-corrected chi connectivity index (χ3v) is 5.84. The van der Waals surface area contributed by atoms with E-state index in [0.717, 1.165) is 4.90 Å². The quantitative estimate of drug-likeness (QED) is 0.573. The second kappa shape index (κ2) is 10.3. The number of anilines is 1. The van der Waals surface area contributed by atoms with E-state index in [1.54, 1.807) is 41.3 Å². The molecule has 2 aromatic rings. The fraction of sp³-hybridized carbons (Fsp3) is 0.360. The van der Waals surface area contributed by atoms with Gasteiger partial charge < -0.3 is 15.5 Å². The summed E-state index contributed by atoms with van der Waals surface area (Å²) < 4.78 is 0. The van der Waals surface area contributed by atoms with Crippen LogP contribution in [0.3, 0.4) is 0 Å². The first-order valence-electron chi connectivity index (χ1n) is 11.2. The Labute approximate surface area is 193 Å². The summed E-state index contributed by atoms with van der Waals surface area (Å²) in [6.45, 7) is 6.60. The molecule has 33 heavy (non-hydrogen) atoms. The maximum absolute atomic E-state index is 13.3. The van der Waals surface area contributed by atoms with E-state index in [1.807, 2.05) is 39.0 Å². The Kier molecular flexibility index (Phi) is 7.48. The maximum Gasteiger partial charge on any atom is 0.325 e. The summed E-state index contributed by atoms with van der Waals surface area (Å²) in [5.41, 5.74) is 0.533. The average molecular weight is 451 g/mol. The molecule has 0 bridgehead atoms. The number of nitrogens with one attached hydrogen (secondary N) is 2. The highest BCUT2D eigenvalue weighted by Gasteiger charge is 2.52. The van der Waals surface area contributed by atoms with E-state index >= 15 is 0 Å². The smallest absolute Gasteiger partial charge is 0.325 e. The molecule has 1 heterocycles. The summed E-state index contributed by atoms with van der Waals surface area (Å²) in [6, 6.07) is 15.0. The van der Waals surface area contributed by atoms with Crippen LogP contribution in [0.2, 0.25) is 0 Å². The lowest BCUT2D eigenvalue weighted by Gasteiger charge is -2.26. The third-order valence-electron chi connectivity index (χ3n) is 5.84. The molecule has 0 unspecified atom stereocenters. The van der Waals surface area contributed by atoms with Gasteiger partial charge in [0, 0.05) is 24.3 Å². The number of nitrogens with zero attached hydrogens (tertiary/aromatic N) is 2. The van der Waals surface area contributed by atoms with Gasteiger partial charge in [-0.15, -0.1) is 0 Å². The van der Waals surface area contributed by atoms with Crippen molar-refractivity contribution in [3.05, 3.63) is 65.7 Å². The van der Waals surface area contributed by atoms with Gasteiger partial charge in [0.05, 0.1) is 0 Å². The number of hydrogen-bond acceptors (Lipinski definition) is 4. The highest BCUT2D eigenvalue weighted by atomic mass is 16.2. The Hall–Kier alpha value is -3.68. The summed E-state index contributed by atoms with van der Waals surface area (Å²) in [5.74, 6) is -1.01. The van der Waals surface area contributed by atoms with E-state index in [9.17, 15) is 19.2 Å². The van der Waals surface area contributed by atoms with Gasteiger partial charge in [-0.1, -0.05) is 43.7 Å². The largest absolute Gasteiger partial charge is 0.339 e. The van der Waals surface area contributed by atoms with Gasteiger partial charge >= 0.3 is 6.03 Å². The minimum atomic E-state index is -1.17. The molecule has 0 saturated carbocycles. The Morgan fingerprint density at radius 2 is 1.61 bits per heavy atom. The molecular formula is C25H30N4O4. The molecule has 1 aliphatic heterocycles. The van der Waals surface area contributed by atoms with Crippen LogP contribution < -0.4 is 10.6 Å². The normalized spacial score (nSPS) is 17.6. The molecule has 0 aliphatic carbocycles. The molecule has 1 fully saturated rings. The molecule has 0 aromatic heterocycles. The van der Waals surface area contributed by atoms with Crippen LogP contribution in [0.1, 0.15) is 49.5 Å². The molecule has 3 rings (SSSR count). The molecule has 0 radical (unpaired) electrons. The number of rotatable bonds is 9. The first-order valence-corrected chi connectivity index (χ1v) is 11.2. The van der Waals surface area contributed by atoms with Crippen molar-refractivity contribution in [1.29, 1.82) is 0 Å². The van der Waals surface area contributed by atoms with Crippen LogP contribution in [-0.4, -0.2) is 53.2 Å². The lowest BCUT2D eigenvalue weighted by atomic mass is 9.85. The van der Waals surface area contributed by atoms with Crippen molar-refractivity contribution in [1.82, 2.24) is 15.1 Å². The molecule has 2 N–H and O–H groups in total. The summed E-state index contributed by atoms with van der Waals surface area (Å²) in [6.07, 6.45) is 1.11. The molecule has 8 nitrogen and oxygen atoms in total. The molecule has 174 valence electrons. The number of carbonyl (C=O) groups is 4. The van der Waals surface area contributed by atoms with Crippen LogP contribution >= 0.6 is 0 Å². The van der Waals surface area contributed by atoms with Gasteiger partial charge in [-0.25, -0.2) is 4.79 Å². The number of amides is 5. The van der Waals surface area contributed by atoms with Crippen LogP contribution in [-0.2, 0) is 15.1 Å². The fourth-order valence-corrected chi connectivity index (χ4v) is 4.11. The van der Waals surface area contributed by atoms with Crippen molar-refractivity contribution >= 4 is 29.4 Å². The van der Waals surface area contributed by atoms with Crippen LogP contribution in [0, 0.1) is 0 Å². The maximum atomic E-state index is 13.3. The molecular weight excluding hydrogens is 420 g/mol. The van der Waals surface area contributed by atoms with Crippen LogP contribution in [0.4, 0.5) is 10.5 Å². The van der Waals surface area contributed by atoms with Gasteiger partial charge in [0.2, 0.25) is 5.91 Å². The predicted molar refractivity (Wildman–Crippen MR) is 126 cm³/mol. The summed E-state index contributed by atoms with van der Waals surface area (Å²) >= 11 is 0. The Balaban J connectivity index is 1.70. The second-order valence-electron chi connectivity index (χ2n) is 7.95. The zero-order valence-electron chi connectivity index (χ0n) is 19.3. The molecule has 0 spiro atoms. The lowest BCUT2D eigenvalue weighted by molar-refractivity contribution is -0.134. The highest BCUT2D eigenvalue weighted by Crippen LogP contribution is 2.33. The second-order valence-corrected chi connectivity index (χ2v) is 7.95. The Morgan fingerprint density at radius 3 is 2.18 bits per heavy atom. The topological polar surface area (TPSA) is 98.8 Å². The van der Waals surface area contributed by atoms with Crippen LogP contribution in [0.5, 0.6) is 0 Å². The fourth-order valence-electron chi connectivity index (χ4n) is 4.11. The first kappa shape index (κ1) is 24.0. The molecule has 1 atom stereocenters. The SMILES string of the molecule is CCC[C@]1(c2ccccc2)NC(=O)N(CC(=O)Nc2ccc(C(=O)N(CC)CC)cc2)C1=O. The standard InChI is InChI=1S/C25H30N4O4/c1-4-16-25(19-10-8-7-9-11-19)23(32)29(24(33)27-25)17-21(30)26-20-14-12-18(13-15-20)22(31)28(5-2)6-3/h7-15H,4-6,16-17H2,1-3H3,(H,26,30)(H,27,33)/t25-/m1/s1. The summed E-state index contributed by atoms with van der Waals surface area (Å²) in [7, 11) is 0. The zero-order valence-corrected chi connectivity index (χ0v) is 19.3. The average Bonchev–Trinajstić information content (AvgIpc) is 3.06. The summed E-state index contributed by atoms with van der Waals surface area (Å²) in [4.78, 5) is 53.6. The molecule has 2 aromatic carbocycles. The van der Waals surface area contributed by atoms with E-state index in [4.69, 9.17) is 0 Å². The van der Waals surface area contributed by atoms with Gasteiger partial charge in [-0.05, 0) is 50.1 Å². The van der Waals surface area contributed by atoms with Crippen molar-refractivity contribution in [3.8, 4) is 0 Å². The van der Waals surface area contributed by atoms with Crippen molar-refractivity contribution < 1.29 is 19.2 Å². The van der Waals surface area contributed by atoms with Gasteiger partial charge in [-0.3, -0.25) is 19.3 Å². The van der Waals surface area contributed by atoms with Crippen molar-refractivity contribution in [2.75, 3.05) is 25.0 Å². The van der Waals surface area contributed by atoms with Gasteiger partial charge in [-0.2, -0.15) is 0 Å². The van der Waals surface area contributed by atoms with E-state index in [-0.39, 0.29) is 5.91 Å². The number of hydrogen-bond donors (Lipinski definition) is 2. The van der Waals surface area contributed by atoms with E-state index in [1.165, 1.54) is 0 Å². The monoisotopic (exact) mass is 450 g/mol. The van der Waals surface area contributed by atoms with E-state index < -0.39 is 29.9 Å². The summed E-state index contributed by atoms with van der Waals surface area (Å²) in [5, 5.41) is 5.51. The van der Waals surface area contributed by atoms with Crippen molar-refractivity contribution in [2.24, 2.45) is 0 Å². The van der Waals surface area contributed by atoms with Gasteiger partial charge in [0.25, 0.3) is 11.8 Å². The molecule has 1 aliphatic rings. The first-order chi connectivity index (χ1) is 15.9. The van der Waals surface area contributed by atoms with Gasteiger partial charge in [0.1, 0.15) is 12.1 Å². The lowest BCUT2D eigenvalue weighted by Crippen LogP contribution is -2.44. The molecule has 1 saturated heterocycles. The number of benzene rings is 2. The minimum absolute atomic E-state index is 0.0783. The molecule has 5 amide bonds. The number of imide groups is 1. The Morgan fingerprint density at radius 1 is 0.970 bits per heavy atom. The van der Waals surface area contributed by atoms with E-state index in [0.29, 0.717) is 42.7 Å². The highest BCUT2D eigenvalue weighted by molar-refractivity contribution is 6.10. The Bertz CT molecular complexity index is 1020. The molecule has 8 heteroatoms. The number of carbonyl (C=O) groups excluding carboxylic acids is 4. The van der Waals surface area contributed by atoms with Crippen LogP contribution in [0.25, 0.3) is 0 Å². The van der Waals surface area contributed by atoms with Crippen molar-refractivity contribution in [3.63, 3.8) is 0 Å². The predicted octanol–water partition coefficient (Wildman–Crippen LogP) is 3.35. The third kappa shape index (κ3) is 4.89.